The summed E-state index contributed by atoms with van der Waals surface area (Å²) in [6.45, 7) is 0. The zero-order chi connectivity index (χ0) is 20.1. The number of hydrogen-bond donors (Lipinski definition) is 2. The minimum absolute atomic E-state index is 0.0582. The van der Waals surface area contributed by atoms with Crippen molar-refractivity contribution in [2.75, 3.05) is 10.6 Å². The highest BCUT2D eigenvalue weighted by Gasteiger charge is 2.48. The molecule has 4 saturated carbocycles. The van der Waals surface area contributed by atoms with Crippen molar-refractivity contribution in [3.05, 3.63) is 29.3 Å². The number of urea groups is 2. The van der Waals surface area contributed by atoms with Crippen molar-refractivity contribution in [2.45, 2.75) is 38.1 Å². The predicted molar refractivity (Wildman–Crippen MR) is 107 cm³/mol. The van der Waals surface area contributed by atoms with E-state index in [0.29, 0.717) is 21.2 Å². The first-order valence-electron chi connectivity index (χ1n) is 9.58. The van der Waals surface area contributed by atoms with E-state index in [0.717, 1.165) is 43.8 Å². The molecule has 0 heterocycles. The molecule has 0 spiro atoms. The average Bonchev–Trinajstić information content (AvgIpc) is 2.58. The molecule has 7 nitrogen and oxygen atoms in total. The van der Waals surface area contributed by atoms with Crippen LogP contribution in [0.2, 0.25) is 5.02 Å². The maximum absolute atomic E-state index is 12.6. The Kier molecular flexibility index (Phi) is 5.03. The number of nitrogens with zero attached hydrogens (tertiary/aromatic N) is 1. The highest BCUT2D eigenvalue weighted by Crippen LogP contribution is 2.53. The van der Waals surface area contributed by atoms with Gasteiger partial charge in [-0.2, -0.15) is 4.31 Å². The first-order valence-corrected chi connectivity index (χ1v) is 11.8. The molecule has 0 aliphatic heterocycles. The lowest BCUT2D eigenvalue weighted by Gasteiger charge is -2.54. The summed E-state index contributed by atoms with van der Waals surface area (Å²) in [5.41, 5.74) is 0.117. The van der Waals surface area contributed by atoms with Gasteiger partial charge in [0.05, 0.1) is 11.9 Å². The van der Waals surface area contributed by atoms with E-state index >= 15 is 0 Å². The Morgan fingerprint density at radius 2 is 1.54 bits per heavy atom. The highest BCUT2D eigenvalue weighted by molar-refractivity contribution is 7.92. The maximum atomic E-state index is 12.6. The van der Waals surface area contributed by atoms with Gasteiger partial charge in [-0.25, -0.2) is 18.0 Å². The third-order valence-electron chi connectivity index (χ3n) is 6.32. The van der Waals surface area contributed by atoms with Gasteiger partial charge < -0.3 is 5.32 Å². The molecule has 1 aromatic carbocycles. The van der Waals surface area contributed by atoms with E-state index in [2.05, 4.69) is 10.6 Å². The van der Waals surface area contributed by atoms with Crippen molar-refractivity contribution in [3.8, 4) is 0 Å². The van der Waals surface area contributed by atoms with Crippen LogP contribution >= 0.6 is 11.6 Å². The van der Waals surface area contributed by atoms with E-state index < -0.39 is 22.1 Å². The zero-order valence-electron chi connectivity index (χ0n) is 15.6. The molecular weight excluding hydrogens is 402 g/mol. The predicted octanol–water partition coefficient (Wildman–Crippen LogP) is 3.35. The summed E-state index contributed by atoms with van der Waals surface area (Å²) in [5.74, 6) is 2.46. The Hall–Kier alpha value is -1.80. The van der Waals surface area contributed by atoms with Gasteiger partial charge in [-0.3, -0.25) is 5.32 Å². The van der Waals surface area contributed by atoms with Crippen molar-refractivity contribution in [2.24, 2.45) is 23.7 Å². The fourth-order valence-corrected chi connectivity index (χ4v) is 6.51. The van der Waals surface area contributed by atoms with Gasteiger partial charge in [0.15, 0.2) is 0 Å². The second-order valence-corrected chi connectivity index (χ2v) is 10.6. The summed E-state index contributed by atoms with van der Waals surface area (Å²) in [6, 6.07) is 4.20. The van der Waals surface area contributed by atoms with Crippen molar-refractivity contribution in [1.29, 1.82) is 0 Å². The van der Waals surface area contributed by atoms with Gasteiger partial charge in [0, 0.05) is 11.1 Å². The summed E-state index contributed by atoms with van der Waals surface area (Å²) in [4.78, 5) is 25.1. The van der Waals surface area contributed by atoms with Gasteiger partial charge in [0.1, 0.15) is 0 Å². The first kappa shape index (κ1) is 19.5. The Balaban J connectivity index is 1.44. The molecule has 0 aromatic heterocycles. The number of imide groups is 1. The standard InChI is InChI=1S/C19H24ClN3O4S/c1-28(26,27)23(16-4-2-15(20)3-5-16)19(25)22-18(24)21-17-13-7-11-6-12(9-13)10-14(17)8-11/h2-5,11-14,17H,6-10H2,1H3,(H2,21,22,24,25). The lowest BCUT2D eigenvalue weighted by molar-refractivity contribution is -0.00928. The third kappa shape index (κ3) is 3.85. The van der Waals surface area contributed by atoms with Crippen molar-refractivity contribution < 1.29 is 18.0 Å². The Labute approximate surface area is 169 Å². The molecule has 4 aliphatic rings. The molecule has 152 valence electrons. The van der Waals surface area contributed by atoms with Crippen molar-refractivity contribution in [1.82, 2.24) is 10.6 Å². The maximum Gasteiger partial charge on any atom is 0.343 e. The van der Waals surface area contributed by atoms with Gasteiger partial charge in [-0.05, 0) is 80.0 Å². The number of hydrogen-bond acceptors (Lipinski definition) is 4. The number of anilines is 1. The second-order valence-electron chi connectivity index (χ2n) is 8.36. The number of rotatable bonds is 3. The van der Waals surface area contributed by atoms with Gasteiger partial charge >= 0.3 is 12.1 Å². The summed E-state index contributed by atoms with van der Waals surface area (Å²) in [6.07, 6.45) is 6.75. The molecule has 0 saturated heterocycles. The fourth-order valence-electron chi connectivity index (χ4n) is 5.53. The van der Waals surface area contributed by atoms with Crippen LogP contribution in [0.15, 0.2) is 24.3 Å². The summed E-state index contributed by atoms with van der Waals surface area (Å²) in [7, 11) is -3.93. The minimum Gasteiger partial charge on any atom is -0.334 e. The topological polar surface area (TPSA) is 95.6 Å². The lowest BCUT2D eigenvalue weighted by Crippen LogP contribution is -2.59. The Morgan fingerprint density at radius 3 is 2.04 bits per heavy atom. The normalized spacial score (nSPS) is 30.7. The van der Waals surface area contributed by atoms with Crippen LogP contribution < -0.4 is 14.9 Å². The van der Waals surface area contributed by atoms with E-state index in [4.69, 9.17) is 11.6 Å². The monoisotopic (exact) mass is 425 g/mol. The molecule has 2 N–H and O–H groups in total. The van der Waals surface area contributed by atoms with E-state index in [1.807, 2.05) is 0 Å². The molecule has 5 rings (SSSR count). The SMILES string of the molecule is CS(=O)(=O)N(C(=O)NC(=O)NC1C2CC3CC(C2)CC1C3)c1ccc(Cl)cc1. The van der Waals surface area contributed by atoms with Crippen LogP contribution in [0.25, 0.3) is 0 Å². The van der Waals surface area contributed by atoms with Crippen molar-refractivity contribution >= 4 is 39.4 Å². The zero-order valence-corrected chi connectivity index (χ0v) is 17.2. The molecule has 9 heteroatoms. The van der Waals surface area contributed by atoms with E-state index in [9.17, 15) is 18.0 Å². The quantitative estimate of drug-likeness (QED) is 0.776. The van der Waals surface area contributed by atoms with Crippen molar-refractivity contribution in [3.63, 3.8) is 0 Å². The molecule has 0 atom stereocenters. The van der Waals surface area contributed by atoms with Crippen LogP contribution in [-0.4, -0.2) is 32.8 Å². The lowest BCUT2D eigenvalue weighted by atomic mass is 9.54. The highest BCUT2D eigenvalue weighted by atomic mass is 35.5. The summed E-state index contributed by atoms with van der Waals surface area (Å²) in [5, 5.41) is 5.54. The van der Waals surface area contributed by atoms with Crippen LogP contribution in [0.1, 0.15) is 32.1 Å². The summed E-state index contributed by atoms with van der Waals surface area (Å²) >= 11 is 5.83. The minimum atomic E-state index is -3.93. The number of carbonyl (C=O) groups is 2. The molecule has 0 radical (unpaired) electrons. The molecular formula is C19H24ClN3O4S. The molecule has 4 fully saturated rings. The number of benzene rings is 1. The van der Waals surface area contributed by atoms with Gasteiger partial charge in [-0.15, -0.1) is 0 Å². The molecule has 28 heavy (non-hydrogen) atoms. The van der Waals surface area contributed by atoms with E-state index in [-0.39, 0.29) is 11.7 Å². The molecule has 1 aromatic rings. The smallest absolute Gasteiger partial charge is 0.334 e. The Bertz CT molecular complexity index is 859. The number of carbonyl (C=O) groups excluding carboxylic acids is 2. The molecule has 4 amide bonds. The van der Waals surface area contributed by atoms with Crippen LogP contribution in [-0.2, 0) is 10.0 Å². The molecule has 4 aliphatic carbocycles. The average molecular weight is 426 g/mol. The van der Waals surface area contributed by atoms with E-state index in [1.165, 1.54) is 30.7 Å². The number of halogens is 1. The van der Waals surface area contributed by atoms with Crippen LogP contribution in [0.5, 0.6) is 0 Å². The number of sulfonamides is 1. The van der Waals surface area contributed by atoms with Gasteiger partial charge in [0.25, 0.3) is 0 Å². The fraction of sp³-hybridized carbons (Fsp3) is 0.579. The number of nitrogens with one attached hydrogen (secondary N) is 2. The third-order valence-corrected chi connectivity index (χ3v) is 7.61. The number of amides is 4. The van der Waals surface area contributed by atoms with Crippen LogP contribution in [0.3, 0.4) is 0 Å². The van der Waals surface area contributed by atoms with Crippen LogP contribution in [0.4, 0.5) is 15.3 Å². The van der Waals surface area contributed by atoms with Gasteiger partial charge in [0.2, 0.25) is 10.0 Å². The summed E-state index contributed by atoms with van der Waals surface area (Å²) < 4.78 is 24.8. The molecule has 0 unspecified atom stereocenters. The van der Waals surface area contributed by atoms with Gasteiger partial charge in [-0.1, -0.05) is 11.6 Å². The Morgan fingerprint density at radius 1 is 1.00 bits per heavy atom. The second kappa shape index (κ2) is 7.22. The first-order chi connectivity index (χ1) is 13.2. The largest absolute Gasteiger partial charge is 0.343 e. The van der Waals surface area contributed by atoms with Crippen LogP contribution in [0, 0.1) is 23.7 Å². The van der Waals surface area contributed by atoms with E-state index in [1.54, 1.807) is 0 Å². The molecule has 4 bridgehead atoms.